The van der Waals surface area contributed by atoms with Crippen LogP contribution in [0.25, 0.3) is 6.08 Å². The molecule has 1 aromatic rings. The molecule has 20 heavy (non-hydrogen) atoms. The van der Waals surface area contributed by atoms with Crippen molar-refractivity contribution in [3.05, 3.63) is 23.9 Å². The predicted molar refractivity (Wildman–Crippen MR) is 83.7 cm³/mol. The van der Waals surface area contributed by atoms with E-state index in [0.29, 0.717) is 18.5 Å². The van der Waals surface area contributed by atoms with Crippen molar-refractivity contribution in [3.63, 3.8) is 0 Å². The van der Waals surface area contributed by atoms with E-state index in [2.05, 4.69) is 22.2 Å². The number of nitrogens with two attached hydrogens (primary N) is 1. The first-order valence-corrected chi connectivity index (χ1v) is 7.05. The molecule has 1 aromatic heterocycles. The molecule has 3 N–H and O–H groups in total. The molecule has 0 saturated carbocycles. The number of hydrogen-bond donors (Lipinski definition) is 2. The van der Waals surface area contributed by atoms with E-state index in [1.807, 2.05) is 18.2 Å². The molecular formula is C15H24N4O. The number of hydrogen-bond acceptors (Lipinski definition) is 5. The summed E-state index contributed by atoms with van der Waals surface area (Å²) in [5.74, 6) is 0.546. The van der Waals surface area contributed by atoms with Crippen LogP contribution in [0.15, 0.2) is 18.3 Å². The summed E-state index contributed by atoms with van der Waals surface area (Å²) >= 11 is 0. The van der Waals surface area contributed by atoms with Gasteiger partial charge in [0, 0.05) is 36.7 Å². The van der Waals surface area contributed by atoms with Gasteiger partial charge in [0.2, 0.25) is 0 Å². The van der Waals surface area contributed by atoms with Gasteiger partial charge < -0.3 is 20.7 Å². The van der Waals surface area contributed by atoms with Crippen LogP contribution in [0.1, 0.15) is 18.4 Å². The second kappa shape index (κ2) is 7.26. The first-order chi connectivity index (χ1) is 9.69. The second-order valence-electron chi connectivity index (χ2n) is 5.28. The standard InChI is InChI=1S/C15H24N4O/c1-19-7-5-13(6-8-19)18-14-10-15(16)17-11-12(14)4-3-9-20-2/h3-4,10-11,13H,5-9H2,1-2H3,(H3,16,17,18)/b4-3+. The highest BCUT2D eigenvalue weighted by atomic mass is 16.5. The molecular weight excluding hydrogens is 252 g/mol. The number of likely N-dealkylation sites (tertiary alicyclic amines) is 1. The number of pyridine rings is 1. The van der Waals surface area contributed by atoms with E-state index in [1.165, 1.54) is 0 Å². The molecule has 5 heteroatoms. The Balaban J connectivity index is 2.06. The lowest BCUT2D eigenvalue weighted by Gasteiger charge is -2.30. The van der Waals surface area contributed by atoms with Gasteiger partial charge in [-0.1, -0.05) is 12.2 Å². The Morgan fingerprint density at radius 2 is 2.25 bits per heavy atom. The molecule has 0 spiro atoms. The number of nitrogens with zero attached hydrogens (tertiary/aromatic N) is 2. The number of nitrogens with one attached hydrogen (secondary N) is 1. The molecule has 0 radical (unpaired) electrons. The molecule has 2 heterocycles. The smallest absolute Gasteiger partial charge is 0.125 e. The highest BCUT2D eigenvalue weighted by Gasteiger charge is 2.17. The van der Waals surface area contributed by atoms with Crippen molar-refractivity contribution in [2.45, 2.75) is 18.9 Å². The summed E-state index contributed by atoms with van der Waals surface area (Å²) in [5, 5.41) is 3.60. The van der Waals surface area contributed by atoms with Gasteiger partial charge in [-0.25, -0.2) is 4.98 Å². The van der Waals surface area contributed by atoms with E-state index >= 15 is 0 Å². The maximum atomic E-state index is 5.80. The number of rotatable bonds is 5. The summed E-state index contributed by atoms with van der Waals surface area (Å²) in [6.45, 7) is 2.86. The third-order valence-electron chi connectivity index (χ3n) is 3.59. The van der Waals surface area contributed by atoms with Gasteiger partial charge in [0.25, 0.3) is 0 Å². The maximum absolute atomic E-state index is 5.80. The van der Waals surface area contributed by atoms with Gasteiger partial charge in [0.15, 0.2) is 0 Å². The molecule has 1 saturated heterocycles. The number of anilines is 2. The van der Waals surface area contributed by atoms with Crippen LogP contribution in [0.4, 0.5) is 11.5 Å². The molecule has 0 unspecified atom stereocenters. The van der Waals surface area contributed by atoms with Gasteiger partial charge in [-0.05, 0) is 33.0 Å². The number of ether oxygens (including phenoxy) is 1. The summed E-state index contributed by atoms with van der Waals surface area (Å²) < 4.78 is 5.03. The maximum Gasteiger partial charge on any atom is 0.125 e. The van der Waals surface area contributed by atoms with Crippen molar-refractivity contribution in [2.24, 2.45) is 0 Å². The minimum atomic E-state index is 0.502. The van der Waals surface area contributed by atoms with Crippen LogP contribution < -0.4 is 11.1 Å². The Hall–Kier alpha value is -1.59. The van der Waals surface area contributed by atoms with Crippen LogP contribution in [0.3, 0.4) is 0 Å². The lowest BCUT2D eigenvalue weighted by atomic mass is 10.0. The van der Waals surface area contributed by atoms with Crippen molar-refractivity contribution < 1.29 is 4.74 Å². The zero-order valence-electron chi connectivity index (χ0n) is 12.3. The molecule has 5 nitrogen and oxygen atoms in total. The molecule has 0 aromatic carbocycles. The minimum Gasteiger partial charge on any atom is -0.384 e. The average Bonchev–Trinajstić information content (AvgIpc) is 2.44. The van der Waals surface area contributed by atoms with E-state index < -0.39 is 0 Å². The third kappa shape index (κ3) is 4.21. The van der Waals surface area contributed by atoms with Crippen molar-refractivity contribution in [2.75, 3.05) is 44.9 Å². The molecule has 0 aliphatic carbocycles. The Labute approximate surface area is 120 Å². The SMILES string of the molecule is COC/C=C/c1cnc(N)cc1NC1CCN(C)CC1. The van der Waals surface area contributed by atoms with Gasteiger partial charge in [-0.2, -0.15) is 0 Å². The number of piperidine rings is 1. The highest BCUT2D eigenvalue weighted by Crippen LogP contribution is 2.22. The lowest BCUT2D eigenvalue weighted by molar-refractivity contribution is 0.234. The first-order valence-electron chi connectivity index (χ1n) is 7.05. The van der Waals surface area contributed by atoms with Crippen LogP contribution in [0, 0.1) is 0 Å². The average molecular weight is 276 g/mol. The van der Waals surface area contributed by atoms with Crippen LogP contribution in [-0.4, -0.2) is 49.8 Å². The third-order valence-corrected chi connectivity index (χ3v) is 3.59. The molecule has 1 fully saturated rings. The largest absolute Gasteiger partial charge is 0.384 e. The van der Waals surface area contributed by atoms with Crippen LogP contribution in [-0.2, 0) is 4.74 Å². The Morgan fingerprint density at radius 1 is 1.50 bits per heavy atom. The lowest BCUT2D eigenvalue weighted by Crippen LogP contribution is -2.36. The summed E-state index contributed by atoms with van der Waals surface area (Å²) in [5.41, 5.74) is 7.91. The molecule has 0 atom stereocenters. The van der Waals surface area contributed by atoms with E-state index in [1.54, 1.807) is 13.3 Å². The van der Waals surface area contributed by atoms with Crippen LogP contribution in [0.5, 0.6) is 0 Å². The first kappa shape index (κ1) is 14.8. The van der Waals surface area contributed by atoms with E-state index in [9.17, 15) is 0 Å². The van der Waals surface area contributed by atoms with Crippen LogP contribution >= 0.6 is 0 Å². The Kier molecular flexibility index (Phi) is 5.38. The fraction of sp³-hybridized carbons (Fsp3) is 0.533. The Morgan fingerprint density at radius 3 is 2.95 bits per heavy atom. The summed E-state index contributed by atoms with van der Waals surface area (Å²) in [6.07, 6.45) is 8.11. The monoisotopic (exact) mass is 276 g/mol. The molecule has 0 bridgehead atoms. The van der Waals surface area contributed by atoms with E-state index in [0.717, 1.165) is 37.2 Å². The minimum absolute atomic E-state index is 0.502. The fourth-order valence-corrected chi connectivity index (χ4v) is 2.38. The summed E-state index contributed by atoms with van der Waals surface area (Å²) in [7, 11) is 3.85. The predicted octanol–water partition coefficient (Wildman–Crippen LogP) is 1.83. The molecule has 110 valence electrons. The zero-order chi connectivity index (χ0) is 14.4. The number of nitrogen functional groups attached to an aromatic ring is 1. The second-order valence-corrected chi connectivity index (χ2v) is 5.28. The Bertz CT molecular complexity index is 453. The zero-order valence-corrected chi connectivity index (χ0v) is 12.3. The van der Waals surface area contributed by atoms with Crippen molar-refractivity contribution in [1.82, 2.24) is 9.88 Å². The molecule has 2 rings (SSSR count). The molecule has 0 amide bonds. The molecule has 1 aliphatic rings. The van der Waals surface area contributed by atoms with Gasteiger partial charge in [0.05, 0.1) is 6.61 Å². The van der Waals surface area contributed by atoms with E-state index in [-0.39, 0.29) is 0 Å². The number of aromatic nitrogens is 1. The molecule has 1 aliphatic heterocycles. The van der Waals surface area contributed by atoms with Crippen LogP contribution in [0.2, 0.25) is 0 Å². The van der Waals surface area contributed by atoms with E-state index in [4.69, 9.17) is 10.5 Å². The van der Waals surface area contributed by atoms with Crippen molar-refractivity contribution in [3.8, 4) is 0 Å². The quantitative estimate of drug-likeness (QED) is 0.859. The highest BCUT2D eigenvalue weighted by molar-refractivity contribution is 5.68. The number of methoxy groups -OCH3 is 1. The van der Waals surface area contributed by atoms with Gasteiger partial charge >= 0.3 is 0 Å². The summed E-state index contributed by atoms with van der Waals surface area (Å²) in [4.78, 5) is 6.52. The fourth-order valence-electron chi connectivity index (χ4n) is 2.38. The van der Waals surface area contributed by atoms with Gasteiger partial charge in [-0.3, -0.25) is 0 Å². The topological polar surface area (TPSA) is 63.4 Å². The van der Waals surface area contributed by atoms with Crippen molar-refractivity contribution >= 4 is 17.6 Å². The van der Waals surface area contributed by atoms with Gasteiger partial charge in [-0.15, -0.1) is 0 Å². The van der Waals surface area contributed by atoms with Gasteiger partial charge in [0.1, 0.15) is 5.82 Å². The van der Waals surface area contributed by atoms with Crippen molar-refractivity contribution in [1.29, 1.82) is 0 Å². The normalized spacial score (nSPS) is 17.7. The summed E-state index contributed by atoms with van der Waals surface area (Å²) in [6, 6.07) is 2.41.